The fraction of sp³-hybridized carbons (Fsp3) is 0.462. The molecule has 39 heavy (non-hydrogen) atoms. The summed E-state index contributed by atoms with van der Waals surface area (Å²) in [5, 5.41) is 2.64. The van der Waals surface area contributed by atoms with Gasteiger partial charge in [0.2, 0.25) is 22.7 Å². The van der Waals surface area contributed by atoms with Crippen LogP contribution in [-0.2, 0) is 25.4 Å². The molecule has 2 saturated heterocycles. The number of aromatic nitrogens is 1. The maximum atomic E-state index is 13.6. The maximum Gasteiger partial charge on any atom is 0.413 e. The standard InChI is InChI=1S/C26H30N4O8S/c1-16(2)10-19(28-26(33)38-18-5-6-22-23(11-18)37-15-36-22)25(32)29-9-7-20-24(29)21(31)13-30(20)39(34,35)14-17-4-3-8-27-12-17/h3-6,8,11-12,16,19-20,24H,7,9-10,13-15H2,1-2H3,(H,28,33). The first-order valence-corrected chi connectivity index (χ1v) is 14.3. The second-order valence-electron chi connectivity index (χ2n) is 10.2. The molecule has 13 heteroatoms. The van der Waals surface area contributed by atoms with Gasteiger partial charge in [-0.25, -0.2) is 13.2 Å². The number of amides is 2. The summed E-state index contributed by atoms with van der Waals surface area (Å²) in [6.45, 7) is 3.80. The van der Waals surface area contributed by atoms with E-state index in [4.69, 9.17) is 14.2 Å². The number of carbonyl (C=O) groups excluding carboxylic acids is 3. The number of nitrogens with one attached hydrogen (secondary N) is 1. The van der Waals surface area contributed by atoms with Crippen LogP contribution in [-0.4, -0.2) is 78.4 Å². The van der Waals surface area contributed by atoms with Crippen LogP contribution >= 0.6 is 0 Å². The fourth-order valence-electron chi connectivity index (χ4n) is 5.27. The summed E-state index contributed by atoms with van der Waals surface area (Å²) in [6.07, 6.45) is 2.83. The van der Waals surface area contributed by atoms with Crippen LogP contribution in [0.15, 0.2) is 42.7 Å². The van der Waals surface area contributed by atoms with Crippen LogP contribution in [0.5, 0.6) is 17.2 Å². The van der Waals surface area contributed by atoms with Crippen molar-refractivity contribution in [2.75, 3.05) is 19.9 Å². The quantitative estimate of drug-likeness (QED) is 0.512. The van der Waals surface area contributed by atoms with Crippen molar-refractivity contribution in [3.8, 4) is 17.2 Å². The Labute approximate surface area is 226 Å². The van der Waals surface area contributed by atoms with E-state index in [9.17, 15) is 22.8 Å². The van der Waals surface area contributed by atoms with Gasteiger partial charge in [0.25, 0.3) is 0 Å². The summed E-state index contributed by atoms with van der Waals surface area (Å²) >= 11 is 0. The van der Waals surface area contributed by atoms with Crippen LogP contribution in [0.25, 0.3) is 0 Å². The topological polar surface area (TPSA) is 144 Å². The van der Waals surface area contributed by atoms with Crippen LogP contribution in [0.2, 0.25) is 0 Å². The van der Waals surface area contributed by atoms with E-state index in [1.54, 1.807) is 30.5 Å². The number of carbonyl (C=O) groups is 3. The molecule has 0 spiro atoms. The molecule has 3 aliphatic rings. The van der Waals surface area contributed by atoms with E-state index in [1.807, 2.05) is 13.8 Å². The van der Waals surface area contributed by atoms with Crippen LogP contribution in [0.3, 0.4) is 0 Å². The summed E-state index contributed by atoms with van der Waals surface area (Å²) in [7, 11) is -3.82. The highest BCUT2D eigenvalue weighted by Gasteiger charge is 2.54. The van der Waals surface area contributed by atoms with Crippen molar-refractivity contribution in [2.24, 2.45) is 5.92 Å². The van der Waals surface area contributed by atoms with E-state index in [1.165, 1.54) is 21.5 Å². The van der Waals surface area contributed by atoms with Gasteiger partial charge in [-0.1, -0.05) is 19.9 Å². The van der Waals surface area contributed by atoms with Crippen molar-refractivity contribution < 1.29 is 37.0 Å². The molecule has 3 atom stereocenters. The second-order valence-corrected chi connectivity index (χ2v) is 12.1. The number of likely N-dealkylation sites (tertiary alicyclic amines) is 1. The average Bonchev–Trinajstić information content (AvgIpc) is 3.60. The van der Waals surface area contributed by atoms with Crippen LogP contribution in [0.1, 0.15) is 32.3 Å². The Morgan fingerprint density at radius 1 is 1.21 bits per heavy atom. The average molecular weight is 559 g/mol. The van der Waals surface area contributed by atoms with Gasteiger partial charge in [-0.2, -0.15) is 4.31 Å². The van der Waals surface area contributed by atoms with Gasteiger partial charge in [-0.05, 0) is 42.5 Å². The lowest BCUT2D eigenvalue weighted by Gasteiger charge is -2.28. The molecule has 2 fully saturated rings. The number of benzene rings is 1. The number of ketones is 1. The molecule has 3 aliphatic heterocycles. The molecule has 0 saturated carbocycles. The normalized spacial score (nSPS) is 21.2. The molecule has 208 valence electrons. The second kappa shape index (κ2) is 10.8. The number of rotatable bonds is 8. The van der Waals surface area contributed by atoms with Crippen LogP contribution in [0.4, 0.5) is 4.79 Å². The highest BCUT2D eigenvalue weighted by Crippen LogP contribution is 2.36. The van der Waals surface area contributed by atoms with Crippen LogP contribution < -0.4 is 19.5 Å². The summed E-state index contributed by atoms with van der Waals surface area (Å²) in [6, 6.07) is 5.49. The first kappa shape index (κ1) is 26.9. The molecule has 3 unspecified atom stereocenters. The molecule has 0 radical (unpaired) electrons. The van der Waals surface area contributed by atoms with Crippen molar-refractivity contribution in [3.63, 3.8) is 0 Å². The Bertz CT molecular complexity index is 1370. The highest BCUT2D eigenvalue weighted by atomic mass is 32.2. The van der Waals surface area contributed by atoms with Gasteiger partial charge >= 0.3 is 6.09 Å². The number of Topliss-reactive ketones (excluding diaryl/α,β-unsaturated/α-hetero) is 1. The van der Waals surface area contributed by atoms with Gasteiger partial charge in [0, 0.05) is 25.0 Å². The number of hydrogen-bond donors (Lipinski definition) is 1. The Morgan fingerprint density at radius 3 is 2.74 bits per heavy atom. The predicted molar refractivity (Wildman–Crippen MR) is 137 cm³/mol. The smallest absolute Gasteiger partial charge is 0.413 e. The Hall–Kier alpha value is -3.71. The van der Waals surface area contributed by atoms with E-state index >= 15 is 0 Å². The van der Waals surface area contributed by atoms with Crippen molar-refractivity contribution in [1.82, 2.24) is 19.5 Å². The molecule has 1 N–H and O–H groups in total. The van der Waals surface area contributed by atoms with E-state index in [2.05, 4.69) is 10.3 Å². The number of nitrogens with zero attached hydrogens (tertiary/aromatic N) is 3. The molecule has 2 aromatic rings. The molecule has 2 amide bonds. The molecular formula is C26H30N4O8S. The zero-order valence-electron chi connectivity index (χ0n) is 21.6. The van der Waals surface area contributed by atoms with E-state index in [0.29, 0.717) is 29.9 Å². The molecule has 0 aliphatic carbocycles. The number of hydrogen-bond acceptors (Lipinski definition) is 9. The molecule has 1 aromatic carbocycles. The minimum absolute atomic E-state index is 0.0406. The summed E-state index contributed by atoms with van der Waals surface area (Å²) < 4.78 is 43.5. The third kappa shape index (κ3) is 5.69. The minimum Gasteiger partial charge on any atom is -0.454 e. The van der Waals surface area contributed by atoms with Gasteiger partial charge in [0.15, 0.2) is 17.3 Å². The molecule has 5 rings (SSSR count). The summed E-state index contributed by atoms with van der Waals surface area (Å²) in [5.41, 5.74) is 0.515. The lowest BCUT2D eigenvalue weighted by molar-refractivity contribution is -0.138. The molecule has 12 nitrogen and oxygen atoms in total. The molecule has 0 bridgehead atoms. The van der Waals surface area contributed by atoms with Crippen molar-refractivity contribution in [3.05, 3.63) is 48.3 Å². The third-order valence-corrected chi connectivity index (χ3v) is 8.75. The number of pyridine rings is 1. The van der Waals surface area contributed by atoms with Crippen molar-refractivity contribution >= 4 is 27.8 Å². The predicted octanol–water partition coefficient (Wildman–Crippen LogP) is 1.70. The van der Waals surface area contributed by atoms with Gasteiger partial charge in [0.05, 0.1) is 18.3 Å². The van der Waals surface area contributed by atoms with Crippen LogP contribution in [0, 0.1) is 5.92 Å². The first-order chi connectivity index (χ1) is 18.6. The summed E-state index contributed by atoms with van der Waals surface area (Å²) in [4.78, 5) is 44.8. The van der Waals surface area contributed by atoms with E-state index in [0.717, 1.165) is 0 Å². The lowest BCUT2D eigenvalue weighted by Crippen LogP contribution is -2.53. The van der Waals surface area contributed by atoms with Crippen molar-refractivity contribution in [2.45, 2.75) is 50.6 Å². The van der Waals surface area contributed by atoms with Gasteiger partial charge < -0.3 is 24.4 Å². The monoisotopic (exact) mass is 558 g/mol. The molecular weight excluding hydrogens is 528 g/mol. The van der Waals surface area contributed by atoms with Gasteiger partial charge in [-0.3, -0.25) is 14.6 Å². The summed E-state index contributed by atoms with van der Waals surface area (Å²) in [5.74, 6) is 0.172. The van der Waals surface area contributed by atoms with E-state index < -0.39 is 40.1 Å². The minimum atomic E-state index is -3.82. The SMILES string of the molecule is CC(C)CC(NC(=O)Oc1ccc2c(c1)OCO2)C(=O)N1CCC2C1C(=O)CN2S(=O)(=O)Cc1cccnc1. The van der Waals surface area contributed by atoms with Gasteiger partial charge in [-0.15, -0.1) is 0 Å². The largest absolute Gasteiger partial charge is 0.454 e. The highest BCUT2D eigenvalue weighted by molar-refractivity contribution is 7.88. The molecule has 4 heterocycles. The number of fused-ring (bicyclic) bond motifs is 2. The molecule has 1 aromatic heterocycles. The van der Waals surface area contributed by atoms with Gasteiger partial charge in [0.1, 0.15) is 17.8 Å². The Morgan fingerprint density at radius 2 is 2.00 bits per heavy atom. The van der Waals surface area contributed by atoms with Crippen molar-refractivity contribution in [1.29, 1.82) is 0 Å². The first-order valence-electron chi connectivity index (χ1n) is 12.7. The lowest BCUT2D eigenvalue weighted by atomic mass is 10.0. The fourth-order valence-corrected chi connectivity index (χ4v) is 6.99. The maximum absolute atomic E-state index is 13.6. The van der Waals surface area contributed by atoms with E-state index in [-0.39, 0.29) is 43.1 Å². The zero-order chi connectivity index (χ0) is 27.7. The number of ether oxygens (including phenoxy) is 3. The Balaban J connectivity index is 1.28. The Kier molecular flexibility index (Phi) is 7.45. The third-order valence-electron chi connectivity index (χ3n) is 6.94. The number of sulfonamides is 1. The zero-order valence-corrected chi connectivity index (χ0v) is 22.4.